The largest absolute Gasteiger partial charge is 0.389 e. The minimum absolute atomic E-state index is 0.0104. The fraction of sp³-hybridized carbons (Fsp3) is 0.636. The van der Waals surface area contributed by atoms with E-state index in [0.29, 0.717) is 12.0 Å². The van der Waals surface area contributed by atoms with Crippen molar-refractivity contribution in [3.8, 4) is 0 Å². The van der Waals surface area contributed by atoms with Crippen LogP contribution < -0.4 is 0 Å². The molecule has 4 aliphatic rings. The molecule has 0 bridgehead atoms. The predicted octanol–water partition coefficient (Wildman–Crippen LogP) is 2.22. The van der Waals surface area contributed by atoms with Gasteiger partial charge in [-0.1, -0.05) is 18.6 Å². The fourth-order valence-electron chi connectivity index (χ4n) is 6.74. The van der Waals surface area contributed by atoms with E-state index >= 15 is 0 Å². The van der Waals surface area contributed by atoms with E-state index < -0.39 is 23.4 Å². The maximum absolute atomic E-state index is 13.4. The van der Waals surface area contributed by atoms with Crippen molar-refractivity contribution in [3.05, 3.63) is 23.3 Å². The van der Waals surface area contributed by atoms with Crippen LogP contribution in [0, 0.1) is 34.5 Å². The molecule has 2 fully saturated rings. The quantitative estimate of drug-likeness (QED) is 0.753. The number of allylic oxidation sites excluding steroid dienone is 4. The number of aliphatic hydroxyl groups is 1. The summed E-state index contributed by atoms with van der Waals surface area (Å²) in [5.74, 6) is -1.28. The van der Waals surface area contributed by atoms with Gasteiger partial charge >= 0.3 is 0 Å². The Morgan fingerprint density at radius 1 is 1.22 bits per heavy atom. The first kappa shape index (κ1) is 18.5. The Labute approximate surface area is 158 Å². The van der Waals surface area contributed by atoms with Crippen LogP contribution in [0.4, 0.5) is 0 Å². The van der Waals surface area contributed by atoms with Crippen LogP contribution >= 0.6 is 0 Å². The zero-order valence-corrected chi connectivity index (χ0v) is 16.1. The van der Waals surface area contributed by atoms with Crippen molar-refractivity contribution in [2.45, 2.75) is 46.5 Å². The monoisotopic (exact) mass is 370 g/mol. The standard InChI is InChI=1S/C22H26O5/c1-11-6-13-14-4-5-15(18(26)10-23)21(14,2)9-17(25)20(13)22(3)16(11)7-12(24)8-19(22)27/h6-7,13-15,20,23H,4-5,8-10H2,1-3H3/t13-,14-,15+,20+,21-,22+/m0/s1. The number of rotatable bonds is 2. The number of carbonyl (C=O) groups is 4. The van der Waals surface area contributed by atoms with Gasteiger partial charge in [0.25, 0.3) is 0 Å². The van der Waals surface area contributed by atoms with Gasteiger partial charge in [0.1, 0.15) is 12.4 Å². The summed E-state index contributed by atoms with van der Waals surface area (Å²) in [6.45, 7) is 5.25. The Hall–Kier alpha value is -1.88. The number of fused-ring (bicyclic) bond motifs is 5. The number of hydrogen-bond donors (Lipinski definition) is 1. The van der Waals surface area contributed by atoms with Crippen molar-refractivity contribution >= 4 is 23.1 Å². The summed E-state index contributed by atoms with van der Waals surface area (Å²) >= 11 is 0. The smallest absolute Gasteiger partial charge is 0.163 e. The molecule has 5 nitrogen and oxygen atoms in total. The Balaban J connectivity index is 1.85. The van der Waals surface area contributed by atoms with Crippen LogP contribution in [0.3, 0.4) is 0 Å². The predicted molar refractivity (Wildman–Crippen MR) is 97.6 cm³/mol. The molecule has 0 aromatic heterocycles. The number of ketones is 4. The lowest BCUT2D eigenvalue weighted by atomic mass is 9.47. The highest BCUT2D eigenvalue weighted by Gasteiger charge is 2.64. The second kappa shape index (κ2) is 5.81. The van der Waals surface area contributed by atoms with Gasteiger partial charge in [-0.3, -0.25) is 19.2 Å². The van der Waals surface area contributed by atoms with E-state index in [4.69, 9.17) is 0 Å². The molecule has 0 unspecified atom stereocenters. The van der Waals surface area contributed by atoms with Gasteiger partial charge in [-0.2, -0.15) is 0 Å². The zero-order chi connectivity index (χ0) is 19.7. The molecule has 0 aliphatic heterocycles. The van der Waals surface area contributed by atoms with Crippen LogP contribution in [0.25, 0.3) is 0 Å². The fourth-order valence-corrected chi connectivity index (χ4v) is 6.74. The average molecular weight is 370 g/mol. The highest BCUT2D eigenvalue weighted by Crippen LogP contribution is 2.64. The Kier molecular flexibility index (Phi) is 3.97. The van der Waals surface area contributed by atoms with Crippen molar-refractivity contribution in [2.24, 2.45) is 34.5 Å². The van der Waals surface area contributed by atoms with E-state index in [1.54, 1.807) is 6.08 Å². The maximum atomic E-state index is 13.4. The Bertz CT molecular complexity index is 834. The number of aliphatic hydroxyl groups excluding tert-OH is 1. The molecule has 4 rings (SSSR count). The Morgan fingerprint density at radius 2 is 1.93 bits per heavy atom. The third kappa shape index (κ3) is 2.27. The molecule has 0 heterocycles. The first-order chi connectivity index (χ1) is 12.6. The topological polar surface area (TPSA) is 88.5 Å². The summed E-state index contributed by atoms with van der Waals surface area (Å²) in [5.41, 5.74) is 0.173. The Morgan fingerprint density at radius 3 is 2.59 bits per heavy atom. The second-order valence-electron chi connectivity index (χ2n) is 9.24. The highest BCUT2D eigenvalue weighted by atomic mass is 16.3. The van der Waals surface area contributed by atoms with Crippen molar-refractivity contribution in [3.63, 3.8) is 0 Å². The van der Waals surface area contributed by atoms with Gasteiger partial charge in [-0.15, -0.1) is 0 Å². The number of hydrogen-bond acceptors (Lipinski definition) is 5. The summed E-state index contributed by atoms with van der Waals surface area (Å²) < 4.78 is 0. The molecule has 6 atom stereocenters. The van der Waals surface area contributed by atoms with E-state index in [1.807, 2.05) is 20.8 Å². The van der Waals surface area contributed by atoms with Gasteiger partial charge in [-0.25, -0.2) is 0 Å². The van der Waals surface area contributed by atoms with Crippen LogP contribution in [0.15, 0.2) is 23.3 Å². The molecule has 0 aromatic rings. The van der Waals surface area contributed by atoms with Crippen LogP contribution in [0.1, 0.15) is 46.5 Å². The lowest BCUT2D eigenvalue weighted by Crippen LogP contribution is -2.57. The molecule has 27 heavy (non-hydrogen) atoms. The summed E-state index contributed by atoms with van der Waals surface area (Å²) in [7, 11) is 0. The van der Waals surface area contributed by atoms with Gasteiger partial charge in [-0.05, 0) is 55.6 Å². The van der Waals surface area contributed by atoms with Crippen LogP contribution in [-0.2, 0) is 19.2 Å². The van der Waals surface area contributed by atoms with Crippen molar-refractivity contribution in [1.29, 1.82) is 0 Å². The average Bonchev–Trinajstić information content (AvgIpc) is 2.93. The molecule has 0 spiro atoms. The molecule has 2 saturated carbocycles. The third-order valence-electron chi connectivity index (χ3n) is 7.97. The lowest BCUT2D eigenvalue weighted by molar-refractivity contribution is -0.151. The molecule has 5 heteroatoms. The number of carbonyl (C=O) groups excluding carboxylic acids is 4. The van der Waals surface area contributed by atoms with Crippen molar-refractivity contribution < 1.29 is 24.3 Å². The lowest BCUT2D eigenvalue weighted by Gasteiger charge is -2.54. The summed E-state index contributed by atoms with van der Waals surface area (Å²) in [6, 6.07) is 0. The molecule has 4 aliphatic carbocycles. The van der Waals surface area contributed by atoms with Crippen molar-refractivity contribution in [1.82, 2.24) is 0 Å². The van der Waals surface area contributed by atoms with Crippen LogP contribution in [-0.4, -0.2) is 34.8 Å². The van der Waals surface area contributed by atoms with Gasteiger partial charge in [0.15, 0.2) is 17.3 Å². The zero-order valence-electron chi connectivity index (χ0n) is 16.1. The first-order valence-electron chi connectivity index (χ1n) is 9.78. The van der Waals surface area contributed by atoms with Crippen molar-refractivity contribution in [2.75, 3.05) is 6.61 Å². The normalized spacial score (nSPS) is 43.5. The second-order valence-corrected chi connectivity index (χ2v) is 9.24. The molecular weight excluding hydrogens is 344 g/mol. The highest BCUT2D eigenvalue weighted by molar-refractivity contribution is 6.13. The summed E-state index contributed by atoms with van der Waals surface area (Å²) in [6.07, 6.45) is 5.22. The van der Waals surface area contributed by atoms with Crippen LogP contribution in [0.5, 0.6) is 0 Å². The molecule has 0 radical (unpaired) electrons. The molecular formula is C22H26O5. The molecule has 0 amide bonds. The van der Waals surface area contributed by atoms with E-state index in [0.717, 1.165) is 12.0 Å². The van der Waals surface area contributed by atoms with E-state index in [-0.39, 0.29) is 53.7 Å². The molecule has 144 valence electrons. The molecule has 0 aromatic carbocycles. The van der Waals surface area contributed by atoms with Gasteiger partial charge in [0.2, 0.25) is 0 Å². The third-order valence-corrected chi connectivity index (χ3v) is 7.97. The maximum Gasteiger partial charge on any atom is 0.163 e. The minimum Gasteiger partial charge on any atom is -0.389 e. The van der Waals surface area contributed by atoms with E-state index in [2.05, 4.69) is 6.08 Å². The van der Waals surface area contributed by atoms with Crippen LogP contribution in [0.2, 0.25) is 0 Å². The van der Waals surface area contributed by atoms with E-state index in [9.17, 15) is 24.3 Å². The van der Waals surface area contributed by atoms with Gasteiger partial charge < -0.3 is 5.11 Å². The number of Topliss-reactive ketones (excluding diaryl/α,β-unsaturated/α-hetero) is 3. The summed E-state index contributed by atoms with van der Waals surface area (Å²) in [5, 5.41) is 9.36. The minimum atomic E-state index is -0.950. The van der Waals surface area contributed by atoms with Gasteiger partial charge in [0, 0.05) is 18.3 Å². The molecule has 1 N–H and O–H groups in total. The van der Waals surface area contributed by atoms with E-state index in [1.165, 1.54) is 0 Å². The van der Waals surface area contributed by atoms with Gasteiger partial charge in [0.05, 0.1) is 11.8 Å². The molecule has 0 saturated heterocycles. The SMILES string of the molecule is CC1=C[C@@H]2[C@H](C(=O)C[C@]3(C)[C@@H](C(=O)CO)CC[C@@H]23)[C@@]2(C)C(=O)CC(=O)C=C12. The summed E-state index contributed by atoms with van der Waals surface area (Å²) in [4.78, 5) is 50.6. The first-order valence-corrected chi connectivity index (χ1v) is 9.78.